The maximum Gasteiger partial charge on any atom is 0.291 e. The van der Waals surface area contributed by atoms with Gasteiger partial charge in [-0.25, -0.2) is 9.97 Å². The van der Waals surface area contributed by atoms with Crippen LogP contribution in [0.4, 0.5) is 0 Å². The number of fused-ring (bicyclic) bond motifs is 1. The lowest BCUT2D eigenvalue weighted by Crippen LogP contribution is -2.34. The van der Waals surface area contributed by atoms with Gasteiger partial charge in [0.2, 0.25) is 5.82 Å². The number of hydrogen-bond donors (Lipinski definition) is 0. The summed E-state index contributed by atoms with van der Waals surface area (Å²) in [5, 5.41) is 4.23. The molecule has 2 fully saturated rings. The minimum atomic E-state index is -0.115. The first-order valence-electron chi connectivity index (χ1n) is 8.57. The Labute approximate surface area is 146 Å². The van der Waals surface area contributed by atoms with Gasteiger partial charge in [0.15, 0.2) is 0 Å². The molecule has 8 nitrogen and oxygen atoms in total. The Bertz CT molecular complexity index is 734. The molecule has 0 radical (unpaired) electrons. The molecule has 2 aliphatic heterocycles. The first kappa shape index (κ1) is 16.2. The fraction of sp³-hybridized carbons (Fsp3) is 0.529. The minimum Gasteiger partial charge on any atom is -0.375 e. The molecule has 2 atom stereocenters. The number of hydrogen-bond acceptors (Lipinski definition) is 6. The van der Waals surface area contributed by atoms with Gasteiger partial charge in [-0.15, -0.1) is 0 Å². The van der Waals surface area contributed by atoms with Crippen LogP contribution in [-0.4, -0.2) is 74.3 Å². The molecule has 0 saturated carbocycles. The summed E-state index contributed by atoms with van der Waals surface area (Å²) < 4.78 is 7.84. The molecule has 0 aromatic carbocycles. The highest BCUT2D eigenvalue weighted by molar-refractivity contribution is 5.90. The molecule has 0 aliphatic carbocycles. The summed E-state index contributed by atoms with van der Waals surface area (Å²) in [5.74, 6) is 0.453. The molecule has 2 saturated heterocycles. The molecule has 8 heteroatoms. The average Bonchev–Trinajstić information content (AvgIpc) is 3.16. The Morgan fingerprint density at radius 3 is 2.88 bits per heavy atom. The number of aromatic nitrogens is 4. The van der Waals surface area contributed by atoms with E-state index in [9.17, 15) is 4.79 Å². The summed E-state index contributed by atoms with van der Waals surface area (Å²) in [6, 6.07) is 1.71. The summed E-state index contributed by atoms with van der Waals surface area (Å²) in [4.78, 5) is 24.9. The van der Waals surface area contributed by atoms with E-state index in [1.54, 1.807) is 18.5 Å². The van der Waals surface area contributed by atoms with E-state index in [0.717, 1.165) is 19.6 Å². The summed E-state index contributed by atoms with van der Waals surface area (Å²) in [5.41, 5.74) is 1.20. The molecular formula is C17H22N6O2. The zero-order valence-electron chi connectivity index (χ0n) is 14.3. The second-order valence-electron chi connectivity index (χ2n) is 6.71. The second-order valence-corrected chi connectivity index (χ2v) is 6.71. The van der Waals surface area contributed by atoms with E-state index in [0.29, 0.717) is 25.6 Å². The molecule has 4 heterocycles. The van der Waals surface area contributed by atoms with Crippen molar-refractivity contribution in [1.29, 1.82) is 0 Å². The van der Waals surface area contributed by atoms with Gasteiger partial charge in [0.25, 0.3) is 5.91 Å². The molecule has 2 aromatic heterocycles. The van der Waals surface area contributed by atoms with E-state index < -0.39 is 0 Å². The van der Waals surface area contributed by atoms with E-state index in [-0.39, 0.29) is 17.8 Å². The van der Waals surface area contributed by atoms with Crippen molar-refractivity contribution >= 4 is 5.91 Å². The van der Waals surface area contributed by atoms with Crippen LogP contribution in [0.15, 0.2) is 30.9 Å². The van der Waals surface area contributed by atoms with E-state index >= 15 is 0 Å². The summed E-state index contributed by atoms with van der Waals surface area (Å²) in [6.07, 6.45) is 7.23. The topological polar surface area (TPSA) is 76.4 Å². The van der Waals surface area contributed by atoms with Gasteiger partial charge in [0.1, 0.15) is 0 Å². The predicted molar refractivity (Wildman–Crippen MR) is 89.7 cm³/mol. The lowest BCUT2D eigenvalue weighted by Gasteiger charge is -2.22. The number of aryl methyl sites for hydroxylation is 1. The van der Waals surface area contributed by atoms with E-state index in [1.807, 2.05) is 29.0 Å². The fourth-order valence-corrected chi connectivity index (χ4v) is 3.63. The van der Waals surface area contributed by atoms with Crippen LogP contribution in [0.5, 0.6) is 0 Å². The van der Waals surface area contributed by atoms with E-state index in [1.165, 1.54) is 5.56 Å². The van der Waals surface area contributed by atoms with Crippen molar-refractivity contribution in [3.8, 4) is 0 Å². The summed E-state index contributed by atoms with van der Waals surface area (Å²) in [7, 11) is 1.93. The fourth-order valence-electron chi connectivity index (χ4n) is 3.63. The molecule has 0 spiro atoms. The Hall–Kier alpha value is -2.32. The highest BCUT2D eigenvalue weighted by Crippen LogP contribution is 2.25. The number of likely N-dealkylation sites (tertiary alicyclic amines) is 1. The van der Waals surface area contributed by atoms with Crippen LogP contribution in [0.1, 0.15) is 16.2 Å². The number of amides is 1. The number of carbonyl (C=O) groups is 1. The molecule has 4 rings (SSSR count). The average molecular weight is 342 g/mol. The molecule has 2 aliphatic rings. The highest BCUT2D eigenvalue weighted by Gasteiger charge is 2.39. The molecule has 132 valence electrons. The monoisotopic (exact) mass is 342 g/mol. The number of ether oxygens (including phenoxy) is 1. The van der Waals surface area contributed by atoms with Crippen molar-refractivity contribution in [1.82, 2.24) is 29.5 Å². The maximum atomic E-state index is 12.6. The van der Waals surface area contributed by atoms with Crippen molar-refractivity contribution in [3.63, 3.8) is 0 Å². The first-order chi connectivity index (χ1) is 12.2. The minimum absolute atomic E-state index is 0.0894. The molecule has 0 bridgehead atoms. The Kier molecular flexibility index (Phi) is 4.46. The lowest BCUT2D eigenvalue weighted by atomic mass is 10.1. The van der Waals surface area contributed by atoms with Gasteiger partial charge < -0.3 is 9.64 Å². The number of carbonyl (C=O) groups excluding carboxylic acids is 1. The van der Waals surface area contributed by atoms with E-state index in [2.05, 4.69) is 20.0 Å². The van der Waals surface area contributed by atoms with Crippen LogP contribution >= 0.6 is 0 Å². The molecule has 0 unspecified atom stereocenters. The van der Waals surface area contributed by atoms with Crippen LogP contribution in [-0.2, 0) is 18.3 Å². The number of nitrogens with zero attached hydrogens (tertiary/aromatic N) is 6. The number of rotatable bonds is 3. The van der Waals surface area contributed by atoms with Crippen molar-refractivity contribution in [2.24, 2.45) is 13.0 Å². The first-order valence-corrected chi connectivity index (χ1v) is 8.57. The highest BCUT2D eigenvalue weighted by atomic mass is 16.5. The summed E-state index contributed by atoms with van der Waals surface area (Å²) in [6.45, 7) is 4.66. The molecule has 0 N–H and O–H groups in total. The molecule has 2 aromatic rings. The zero-order chi connectivity index (χ0) is 17.2. The third-order valence-corrected chi connectivity index (χ3v) is 4.82. The summed E-state index contributed by atoms with van der Waals surface area (Å²) >= 11 is 0. The molecule has 1 amide bonds. The Morgan fingerprint density at radius 2 is 2.12 bits per heavy atom. The Morgan fingerprint density at radius 1 is 1.28 bits per heavy atom. The van der Waals surface area contributed by atoms with Crippen molar-refractivity contribution in [2.45, 2.75) is 12.6 Å². The standard InChI is InChI=1S/C17H22N6O2/c1-21-8-13(7-20-21)9-22-5-6-25-15-12-23(11-14(15)10-22)17(24)16-18-3-2-4-19-16/h2-4,7-8,14-15H,5-6,9-12H2,1H3/t14-,15+/m0/s1. The zero-order valence-corrected chi connectivity index (χ0v) is 14.3. The molecular weight excluding hydrogens is 320 g/mol. The van der Waals surface area contributed by atoms with Crippen LogP contribution in [0.25, 0.3) is 0 Å². The smallest absolute Gasteiger partial charge is 0.291 e. The van der Waals surface area contributed by atoms with Crippen LogP contribution in [0, 0.1) is 5.92 Å². The van der Waals surface area contributed by atoms with E-state index in [4.69, 9.17) is 4.74 Å². The normalized spacial score (nSPS) is 24.1. The van der Waals surface area contributed by atoms with Gasteiger partial charge in [0, 0.05) is 69.8 Å². The Balaban J connectivity index is 1.41. The largest absolute Gasteiger partial charge is 0.375 e. The van der Waals surface area contributed by atoms with Gasteiger partial charge in [0.05, 0.1) is 18.9 Å². The van der Waals surface area contributed by atoms with Crippen LogP contribution < -0.4 is 0 Å². The van der Waals surface area contributed by atoms with Gasteiger partial charge >= 0.3 is 0 Å². The van der Waals surface area contributed by atoms with Crippen molar-refractivity contribution in [2.75, 3.05) is 32.8 Å². The van der Waals surface area contributed by atoms with Gasteiger partial charge in [-0.1, -0.05) is 0 Å². The SMILES string of the molecule is Cn1cc(CN2CCO[C@@H]3CN(C(=O)c4ncccn4)C[C@@H]3C2)cn1. The predicted octanol–water partition coefficient (Wildman–Crippen LogP) is 0.183. The third kappa shape index (κ3) is 3.54. The third-order valence-electron chi connectivity index (χ3n) is 4.82. The quantitative estimate of drug-likeness (QED) is 0.792. The lowest BCUT2D eigenvalue weighted by molar-refractivity contribution is 0.0480. The second kappa shape index (κ2) is 6.89. The van der Waals surface area contributed by atoms with Gasteiger partial charge in [-0.05, 0) is 6.07 Å². The van der Waals surface area contributed by atoms with Crippen molar-refractivity contribution < 1.29 is 9.53 Å². The molecule has 25 heavy (non-hydrogen) atoms. The van der Waals surface area contributed by atoms with Crippen LogP contribution in [0.2, 0.25) is 0 Å². The van der Waals surface area contributed by atoms with Gasteiger partial charge in [-0.2, -0.15) is 5.10 Å². The van der Waals surface area contributed by atoms with Crippen molar-refractivity contribution in [3.05, 3.63) is 42.2 Å². The van der Waals surface area contributed by atoms with Gasteiger partial charge in [-0.3, -0.25) is 14.4 Å². The van der Waals surface area contributed by atoms with Crippen LogP contribution in [0.3, 0.4) is 0 Å². The maximum absolute atomic E-state index is 12.6.